The topological polar surface area (TPSA) is 69.7 Å². The lowest BCUT2D eigenvalue weighted by atomic mass is 9.85. The summed E-state index contributed by atoms with van der Waals surface area (Å²) in [4.78, 5) is 37.9. The Bertz CT molecular complexity index is 1150. The van der Waals surface area contributed by atoms with Crippen LogP contribution in [-0.4, -0.2) is 29.9 Å². The minimum atomic E-state index is -0.455. The third-order valence-electron chi connectivity index (χ3n) is 8.15. The molecule has 0 radical (unpaired) electrons. The number of ketones is 1. The molecular formula is C31H33BrO5. The lowest BCUT2D eigenvalue weighted by molar-refractivity contribution is -0.141. The summed E-state index contributed by atoms with van der Waals surface area (Å²) in [5.74, 6) is -0.275. The van der Waals surface area contributed by atoms with Gasteiger partial charge < -0.3 is 9.47 Å². The van der Waals surface area contributed by atoms with Crippen LogP contribution in [0.4, 0.5) is 0 Å². The van der Waals surface area contributed by atoms with E-state index in [4.69, 9.17) is 9.47 Å². The summed E-state index contributed by atoms with van der Waals surface area (Å²) in [5.41, 5.74) is 2.58. The molecule has 1 saturated heterocycles. The molecule has 5 nitrogen and oxygen atoms in total. The van der Waals surface area contributed by atoms with Gasteiger partial charge in [-0.15, -0.1) is 0 Å². The summed E-state index contributed by atoms with van der Waals surface area (Å²) < 4.78 is 12.0. The molecule has 2 aromatic carbocycles. The van der Waals surface area contributed by atoms with Crippen molar-refractivity contribution in [3.8, 4) is 11.1 Å². The zero-order valence-corrected chi connectivity index (χ0v) is 22.5. The van der Waals surface area contributed by atoms with E-state index >= 15 is 0 Å². The molecule has 194 valence electrons. The predicted molar refractivity (Wildman–Crippen MR) is 145 cm³/mol. The van der Waals surface area contributed by atoms with Crippen molar-refractivity contribution in [1.29, 1.82) is 0 Å². The second-order valence-electron chi connectivity index (χ2n) is 10.6. The fourth-order valence-corrected chi connectivity index (χ4v) is 6.59. The number of ether oxygens (including phenoxy) is 2. The van der Waals surface area contributed by atoms with Gasteiger partial charge in [-0.05, 0) is 51.5 Å². The van der Waals surface area contributed by atoms with E-state index in [2.05, 4.69) is 15.9 Å². The molecule has 5 rings (SSSR count). The second kappa shape index (κ2) is 11.8. The number of fused-ring (bicyclic) bond motifs is 1. The maximum Gasteiger partial charge on any atom is 0.338 e. The Hall–Kier alpha value is -2.73. The zero-order valence-electron chi connectivity index (χ0n) is 20.9. The lowest BCUT2D eigenvalue weighted by Crippen LogP contribution is -2.25. The van der Waals surface area contributed by atoms with Crippen LogP contribution in [0.5, 0.6) is 0 Å². The molecule has 1 heterocycles. The molecular weight excluding hydrogens is 532 g/mol. The van der Waals surface area contributed by atoms with Gasteiger partial charge in [-0.25, -0.2) is 4.79 Å². The largest absolute Gasteiger partial charge is 0.462 e. The summed E-state index contributed by atoms with van der Waals surface area (Å²) in [7, 11) is 0. The first-order chi connectivity index (χ1) is 18.0. The maximum absolute atomic E-state index is 13.0. The van der Waals surface area contributed by atoms with Crippen molar-refractivity contribution >= 4 is 33.7 Å². The molecule has 3 fully saturated rings. The molecule has 2 aromatic rings. The third kappa shape index (κ3) is 6.23. The van der Waals surface area contributed by atoms with Crippen LogP contribution in [0.1, 0.15) is 68.1 Å². The number of carbonyl (C=O) groups is 3. The van der Waals surface area contributed by atoms with E-state index in [9.17, 15) is 14.4 Å². The van der Waals surface area contributed by atoms with Crippen LogP contribution >= 0.6 is 15.9 Å². The normalized spacial score (nSPS) is 26.0. The summed E-state index contributed by atoms with van der Waals surface area (Å²) in [6.07, 6.45) is 9.53. The predicted octanol–water partition coefficient (Wildman–Crippen LogP) is 7.04. The van der Waals surface area contributed by atoms with Gasteiger partial charge in [0, 0.05) is 24.7 Å². The SMILES string of the molecule is O=C1C[C@@H]2[C@H](C=C(Br)C(=O)CCC3CCCCC3)[C@H](OC(=O)c3ccc(-c4ccccc4)cc3)C[C@@H]2O1. The second-order valence-corrected chi connectivity index (χ2v) is 11.4. The van der Waals surface area contributed by atoms with Gasteiger partial charge >= 0.3 is 11.9 Å². The fourth-order valence-electron chi connectivity index (χ4n) is 6.08. The van der Waals surface area contributed by atoms with Crippen LogP contribution in [0.3, 0.4) is 0 Å². The number of carbonyl (C=O) groups excluding carboxylic acids is 3. The first-order valence-electron chi connectivity index (χ1n) is 13.4. The third-order valence-corrected chi connectivity index (χ3v) is 8.85. The number of hydrogen-bond acceptors (Lipinski definition) is 5. The van der Waals surface area contributed by atoms with Gasteiger partial charge in [0.25, 0.3) is 0 Å². The minimum absolute atomic E-state index is 0.0702. The molecule has 6 heteroatoms. The standard InChI is InChI=1S/C31H33BrO5/c32-26(27(33)16-11-20-7-3-1-4-8-20)17-24-25-18-30(34)36-28(25)19-29(24)37-31(35)23-14-12-22(13-15-23)21-9-5-2-6-10-21/h2,5-6,9-10,12-15,17,20,24-25,28-29H,1,3-4,7-8,11,16,18-19H2/t24-,25+,28-,29+/m0/s1. The molecule has 0 aromatic heterocycles. The van der Waals surface area contributed by atoms with Crippen LogP contribution in [0.2, 0.25) is 0 Å². The summed E-state index contributed by atoms with van der Waals surface area (Å²) in [6, 6.07) is 17.4. The molecule has 2 aliphatic carbocycles. The van der Waals surface area contributed by atoms with Crippen molar-refractivity contribution in [3.05, 3.63) is 70.7 Å². The smallest absolute Gasteiger partial charge is 0.338 e. The minimum Gasteiger partial charge on any atom is -0.462 e. The number of Topliss-reactive ketones (excluding diaryl/α,β-unsaturated/α-hetero) is 1. The fraction of sp³-hybridized carbons (Fsp3) is 0.452. The molecule has 37 heavy (non-hydrogen) atoms. The van der Waals surface area contributed by atoms with Crippen molar-refractivity contribution in [2.75, 3.05) is 0 Å². The summed E-state index contributed by atoms with van der Waals surface area (Å²) in [5, 5.41) is 0. The van der Waals surface area contributed by atoms with Gasteiger partial charge in [-0.2, -0.15) is 0 Å². The van der Waals surface area contributed by atoms with E-state index in [1.807, 2.05) is 48.5 Å². The van der Waals surface area contributed by atoms with Crippen molar-refractivity contribution in [1.82, 2.24) is 0 Å². The molecule has 4 atom stereocenters. The highest BCUT2D eigenvalue weighted by Gasteiger charge is 2.51. The highest BCUT2D eigenvalue weighted by Crippen LogP contribution is 2.44. The molecule has 0 spiro atoms. The highest BCUT2D eigenvalue weighted by atomic mass is 79.9. The number of allylic oxidation sites excluding steroid dienone is 1. The van der Waals surface area contributed by atoms with Gasteiger partial charge in [0.1, 0.15) is 12.2 Å². The van der Waals surface area contributed by atoms with E-state index in [0.29, 0.717) is 28.8 Å². The molecule has 0 unspecified atom stereocenters. The van der Waals surface area contributed by atoms with Gasteiger partial charge in [0.15, 0.2) is 5.78 Å². The van der Waals surface area contributed by atoms with E-state index in [1.165, 1.54) is 32.1 Å². The Kier molecular flexibility index (Phi) is 8.23. The maximum atomic E-state index is 13.0. The number of halogens is 1. The molecule has 0 N–H and O–H groups in total. The highest BCUT2D eigenvalue weighted by molar-refractivity contribution is 9.12. The van der Waals surface area contributed by atoms with Crippen LogP contribution in [0, 0.1) is 17.8 Å². The van der Waals surface area contributed by atoms with Gasteiger partial charge in [0.05, 0.1) is 16.5 Å². The summed E-state index contributed by atoms with van der Waals surface area (Å²) in [6.45, 7) is 0. The van der Waals surface area contributed by atoms with E-state index in [-0.39, 0.29) is 36.1 Å². The number of hydrogen-bond donors (Lipinski definition) is 0. The van der Waals surface area contributed by atoms with Crippen molar-refractivity contribution in [3.63, 3.8) is 0 Å². The van der Waals surface area contributed by atoms with E-state index in [1.54, 1.807) is 12.1 Å². The Morgan fingerprint density at radius 2 is 1.68 bits per heavy atom. The molecule has 2 saturated carbocycles. The average molecular weight is 566 g/mol. The van der Waals surface area contributed by atoms with Crippen molar-refractivity contribution < 1.29 is 23.9 Å². The van der Waals surface area contributed by atoms with Crippen LogP contribution in [0.25, 0.3) is 11.1 Å². The Morgan fingerprint density at radius 1 is 0.973 bits per heavy atom. The Balaban J connectivity index is 1.26. The lowest BCUT2D eigenvalue weighted by Gasteiger charge is -2.22. The first-order valence-corrected chi connectivity index (χ1v) is 14.2. The Labute approximate surface area is 226 Å². The zero-order chi connectivity index (χ0) is 25.8. The first kappa shape index (κ1) is 25.9. The van der Waals surface area contributed by atoms with Crippen LogP contribution in [-0.2, 0) is 19.1 Å². The number of benzene rings is 2. The molecule has 3 aliphatic rings. The van der Waals surface area contributed by atoms with E-state index < -0.39 is 12.1 Å². The van der Waals surface area contributed by atoms with Crippen molar-refractivity contribution in [2.24, 2.45) is 17.8 Å². The molecule has 1 aliphatic heterocycles. The number of esters is 2. The molecule has 0 amide bonds. The monoisotopic (exact) mass is 564 g/mol. The van der Waals surface area contributed by atoms with E-state index in [0.717, 1.165) is 17.5 Å². The number of rotatable bonds is 8. The van der Waals surface area contributed by atoms with Gasteiger partial charge in [-0.3, -0.25) is 9.59 Å². The van der Waals surface area contributed by atoms with Crippen LogP contribution < -0.4 is 0 Å². The quantitative estimate of drug-likeness (QED) is 0.254. The van der Waals surface area contributed by atoms with Crippen molar-refractivity contribution in [2.45, 2.75) is 70.0 Å². The molecule has 0 bridgehead atoms. The average Bonchev–Trinajstić information content (AvgIpc) is 3.44. The Morgan fingerprint density at radius 3 is 2.41 bits per heavy atom. The van der Waals surface area contributed by atoms with Gasteiger partial charge in [0.2, 0.25) is 0 Å². The summed E-state index contributed by atoms with van der Waals surface area (Å²) >= 11 is 3.50. The van der Waals surface area contributed by atoms with Crippen LogP contribution in [0.15, 0.2) is 65.2 Å². The van der Waals surface area contributed by atoms with Gasteiger partial charge in [-0.1, -0.05) is 80.6 Å².